The molecule has 0 radical (unpaired) electrons. The lowest BCUT2D eigenvalue weighted by molar-refractivity contribution is -0.178. The van der Waals surface area contributed by atoms with Gasteiger partial charge in [0.2, 0.25) is 0 Å². The molecule has 0 aromatic heterocycles. The lowest BCUT2D eigenvalue weighted by atomic mass is 10.0. The van der Waals surface area contributed by atoms with Crippen molar-refractivity contribution in [2.45, 2.75) is 19.0 Å². The quantitative estimate of drug-likeness (QED) is 0.724. The molecule has 1 unspecified atom stereocenters. The van der Waals surface area contributed by atoms with Crippen LogP contribution in [0.2, 0.25) is 0 Å². The van der Waals surface area contributed by atoms with Crippen molar-refractivity contribution >= 4 is 0 Å². The first kappa shape index (κ1) is 12.7. The summed E-state index contributed by atoms with van der Waals surface area (Å²) in [6.45, 7) is 0.543. The Morgan fingerprint density at radius 2 is 1.77 bits per heavy atom. The second kappa shape index (κ2) is 5.44. The summed E-state index contributed by atoms with van der Waals surface area (Å²) in [6, 6.07) is 0. The van der Waals surface area contributed by atoms with E-state index in [-0.39, 0.29) is 19.4 Å². The summed E-state index contributed by atoms with van der Waals surface area (Å²) in [5.41, 5.74) is 5.12. The van der Waals surface area contributed by atoms with E-state index in [9.17, 15) is 13.2 Å². The first-order valence-electron chi connectivity index (χ1n) is 4.29. The van der Waals surface area contributed by atoms with Gasteiger partial charge in [-0.05, 0) is 40.0 Å². The topological polar surface area (TPSA) is 29.3 Å². The van der Waals surface area contributed by atoms with Gasteiger partial charge in [-0.25, -0.2) is 0 Å². The first-order chi connectivity index (χ1) is 5.88. The maximum atomic E-state index is 12.3. The molecule has 1 atom stereocenters. The van der Waals surface area contributed by atoms with Gasteiger partial charge in [-0.1, -0.05) is 0 Å². The van der Waals surface area contributed by atoms with Crippen molar-refractivity contribution in [3.63, 3.8) is 0 Å². The fraction of sp³-hybridized carbons (Fsp3) is 1.00. The molecular formula is C8H17F3N2. The van der Waals surface area contributed by atoms with Crippen molar-refractivity contribution in [1.82, 2.24) is 4.90 Å². The third-order valence-electron chi connectivity index (χ3n) is 1.90. The van der Waals surface area contributed by atoms with Crippen LogP contribution in [0.1, 0.15) is 12.8 Å². The van der Waals surface area contributed by atoms with E-state index in [0.717, 1.165) is 0 Å². The van der Waals surface area contributed by atoms with Gasteiger partial charge < -0.3 is 10.6 Å². The number of hydrogen-bond donors (Lipinski definition) is 1. The molecule has 0 aliphatic rings. The summed E-state index contributed by atoms with van der Waals surface area (Å²) in [7, 11) is 3.52. The number of alkyl halides is 3. The van der Waals surface area contributed by atoms with E-state index >= 15 is 0 Å². The van der Waals surface area contributed by atoms with Crippen LogP contribution in [-0.4, -0.2) is 38.3 Å². The summed E-state index contributed by atoms with van der Waals surface area (Å²) in [5, 5.41) is 0. The molecule has 0 heterocycles. The smallest absolute Gasteiger partial charge is 0.330 e. The van der Waals surface area contributed by atoms with Crippen LogP contribution >= 0.6 is 0 Å². The molecule has 0 saturated carbocycles. The minimum atomic E-state index is -4.10. The molecule has 0 bridgehead atoms. The SMILES string of the molecule is CN(C)CCC(CCN)C(F)(F)F. The van der Waals surface area contributed by atoms with E-state index in [1.54, 1.807) is 19.0 Å². The number of rotatable bonds is 5. The van der Waals surface area contributed by atoms with E-state index in [4.69, 9.17) is 5.73 Å². The molecule has 2 nitrogen and oxygen atoms in total. The van der Waals surface area contributed by atoms with Gasteiger partial charge in [0.05, 0.1) is 5.92 Å². The van der Waals surface area contributed by atoms with Crippen molar-refractivity contribution in [3.05, 3.63) is 0 Å². The third-order valence-corrected chi connectivity index (χ3v) is 1.90. The molecule has 0 aromatic carbocycles. The second-order valence-electron chi connectivity index (χ2n) is 3.41. The minimum absolute atomic E-state index is 0.0251. The Balaban J connectivity index is 3.95. The number of hydrogen-bond acceptors (Lipinski definition) is 2. The summed E-state index contributed by atoms with van der Waals surface area (Å²) in [5.74, 6) is -1.25. The van der Waals surface area contributed by atoms with Crippen molar-refractivity contribution < 1.29 is 13.2 Å². The van der Waals surface area contributed by atoms with Crippen LogP contribution in [0.5, 0.6) is 0 Å². The molecule has 5 heteroatoms. The van der Waals surface area contributed by atoms with Crippen LogP contribution in [0.15, 0.2) is 0 Å². The maximum absolute atomic E-state index is 12.3. The molecule has 0 rings (SSSR count). The van der Waals surface area contributed by atoms with Gasteiger partial charge in [0.1, 0.15) is 0 Å². The van der Waals surface area contributed by atoms with E-state index in [1.807, 2.05) is 0 Å². The average Bonchev–Trinajstić information content (AvgIpc) is 1.95. The van der Waals surface area contributed by atoms with Crippen molar-refractivity contribution in [2.24, 2.45) is 11.7 Å². The first-order valence-corrected chi connectivity index (χ1v) is 4.29. The van der Waals surface area contributed by atoms with Crippen molar-refractivity contribution in [2.75, 3.05) is 27.2 Å². The molecule has 0 spiro atoms. The average molecular weight is 198 g/mol. The largest absolute Gasteiger partial charge is 0.391 e. The summed E-state index contributed by atoms with van der Waals surface area (Å²) >= 11 is 0. The maximum Gasteiger partial charge on any atom is 0.391 e. The third kappa shape index (κ3) is 5.87. The zero-order valence-corrected chi connectivity index (χ0v) is 8.06. The van der Waals surface area contributed by atoms with Crippen LogP contribution < -0.4 is 5.73 Å². The second-order valence-corrected chi connectivity index (χ2v) is 3.41. The Morgan fingerprint density at radius 1 is 1.23 bits per heavy atom. The predicted octanol–water partition coefficient (Wildman–Crippen LogP) is 1.47. The van der Waals surface area contributed by atoms with E-state index in [1.165, 1.54) is 0 Å². The Bertz CT molecular complexity index is 134. The van der Waals surface area contributed by atoms with Gasteiger partial charge in [0.15, 0.2) is 0 Å². The molecule has 2 N–H and O–H groups in total. The Hall–Kier alpha value is -0.290. The van der Waals surface area contributed by atoms with Crippen LogP contribution in [-0.2, 0) is 0 Å². The minimum Gasteiger partial charge on any atom is -0.330 e. The van der Waals surface area contributed by atoms with E-state index < -0.39 is 12.1 Å². The van der Waals surface area contributed by atoms with Crippen molar-refractivity contribution in [1.29, 1.82) is 0 Å². The van der Waals surface area contributed by atoms with E-state index in [2.05, 4.69) is 0 Å². The van der Waals surface area contributed by atoms with Gasteiger partial charge in [-0.3, -0.25) is 0 Å². The zero-order valence-electron chi connectivity index (χ0n) is 8.06. The molecule has 0 amide bonds. The number of nitrogens with two attached hydrogens (primary N) is 1. The lowest BCUT2D eigenvalue weighted by Gasteiger charge is -2.21. The molecule has 80 valence electrons. The molecular weight excluding hydrogens is 181 g/mol. The number of halogens is 3. The summed E-state index contributed by atoms with van der Waals surface area (Å²) in [4.78, 5) is 1.75. The monoisotopic (exact) mass is 198 g/mol. The van der Waals surface area contributed by atoms with Gasteiger partial charge in [-0.2, -0.15) is 13.2 Å². The number of nitrogens with zero attached hydrogens (tertiary/aromatic N) is 1. The molecule has 0 aliphatic heterocycles. The highest BCUT2D eigenvalue weighted by atomic mass is 19.4. The van der Waals surface area contributed by atoms with Gasteiger partial charge in [0, 0.05) is 0 Å². The highest BCUT2D eigenvalue weighted by Gasteiger charge is 2.38. The molecule has 0 aliphatic carbocycles. The Morgan fingerprint density at radius 3 is 2.08 bits per heavy atom. The van der Waals surface area contributed by atoms with Crippen molar-refractivity contribution in [3.8, 4) is 0 Å². The van der Waals surface area contributed by atoms with Crippen LogP contribution in [0.25, 0.3) is 0 Å². The fourth-order valence-corrected chi connectivity index (χ4v) is 1.09. The van der Waals surface area contributed by atoms with E-state index in [0.29, 0.717) is 6.54 Å². The lowest BCUT2D eigenvalue weighted by Crippen LogP contribution is -2.29. The fourth-order valence-electron chi connectivity index (χ4n) is 1.09. The summed E-state index contributed by atoms with van der Waals surface area (Å²) < 4.78 is 36.9. The Labute approximate surface area is 76.9 Å². The normalized spacial score (nSPS) is 15.0. The van der Waals surface area contributed by atoms with Crippen LogP contribution in [0.3, 0.4) is 0 Å². The van der Waals surface area contributed by atoms with Gasteiger partial charge >= 0.3 is 6.18 Å². The van der Waals surface area contributed by atoms with Gasteiger partial charge in [-0.15, -0.1) is 0 Å². The zero-order chi connectivity index (χ0) is 10.5. The molecule has 0 saturated heterocycles. The Kier molecular flexibility index (Phi) is 5.32. The molecule has 13 heavy (non-hydrogen) atoms. The highest BCUT2D eigenvalue weighted by molar-refractivity contribution is 4.69. The molecule has 0 fully saturated rings. The van der Waals surface area contributed by atoms with Crippen LogP contribution in [0, 0.1) is 5.92 Å². The van der Waals surface area contributed by atoms with Crippen LogP contribution in [0.4, 0.5) is 13.2 Å². The molecule has 0 aromatic rings. The summed E-state index contributed by atoms with van der Waals surface area (Å²) in [6.07, 6.45) is -3.94. The predicted molar refractivity (Wildman–Crippen MR) is 46.4 cm³/mol. The standard InChI is InChI=1S/C8H17F3N2/c1-13(2)6-4-7(3-5-12)8(9,10)11/h7H,3-6,12H2,1-2H3. The van der Waals surface area contributed by atoms with Gasteiger partial charge in [0.25, 0.3) is 0 Å². The highest BCUT2D eigenvalue weighted by Crippen LogP contribution is 2.30.